The number of aromatic nitrogens is 1. The summed E-state index contributed by atoms with van der Waals surface area (Å²) in [6.45, 7) is 0.362. The summed E-state index contributed by atoms with van der Waals surface area (Å²) >= 11 is 0.800. The van der Waals surface area contributed by atoms with Gasteiger partial charge in [-0.05, 0) is 18.9 Å². The van der Waals surface area contributed by atoms with Crippen LogP contribution < -0.4 is 10.5 Å². The summed E-state index contributed by atoms with van der Waals surface area (Å²) in [4.78, 5) is 28.3. The van der Waals surface area contributed by atoms with Gasteiger partial charge in [0.15, 0.2) is 5.13 Å². The molecule has 7 nitrogen and oxygen atoms in total. The number of alkyl halides is 3. The highest BCUT2D eigenvalue weighted by atomic mass is 32.1. The summed E-state index contributed by atoms with van der Waals surface area (Å²) in [5, 5.41) is 20.8. The molecule has 1 N–H and O–H groups in total. The van der Waals surface area contributed by atoms with Crippen molar-refractivity contribution in [2.75, 3.05) is 25.1 Å². The van der Waals surface area contributed by atoms with E-state index in [0.717, 1.165) is 37.0 Å². The number of hydrogen-bond acceptors (Lipinski definition) is 7. The molecule has 0 radical (unpaired) electrons. The Labute approximate surface area is 161 Å². The average Bonchev–Trinajstić information content (AvgIpc) is 3.08. The fourth-order valence-electron chi connectivity index (χ4n) is 3.67. The van der Waals surface area contributed by atoms with E-state index in [9.17, 15) is 33.2 Å². The normalized spacial score (nSPS) is 16.5. The topological polar surface area (TPSA) is 96.6 Å². The third-order valence-electron chi connectivity index (χ3n) is 5.11. The van der Waals surface area contributed by atoms with Gasteiger partial charge in [0.25, 0.3) is 11.2 Å². The quantitative estimate of drug-likeness (QED) is 0.590. The molecule has 1 heterocycles. The summed E-state index contributed by atoms with van der Waals surface area (Å²) < 4.78 is 39.0. The maximum atomic E-state index is 13.0. The maximum absolute atomic E-state index is 13.0. The molecule has 0 bridgehead atoms. The van der Waals surface area contributed by atoms with Crippen LogP contribution in [0.1, 0.15) is 31.2 Å². The van der Waals surface area contributed by atoms with Crippen LogP contribution in [-0.4, -0.2) is 35.2 Å². The van der Waals surface area contributed by atoms with Crippen LogP contribution in [0.3, 0.4) is 0 Å². The second kappa shape index (κ2) is 7.28. The number of nitro benzene ring substituents is 1. The number of halogens is 3. The SMILES string of the molecule is CN(CC1(CO)CCCC1)c1nc(=O)c2cc(C(F)(F)F)cc([N+](=O)[O-])c2s1. The van der Waals surface area contributed by atoms with Crippen LogP contribution in [-0.2, 0) is 6.18 Å². The Bertz CT molecular complexity index is 970. The molecule has 0 unspecified atom stereocenters. The maximum Gasteiger partial charge on any atom is 0.416 e. The van der Waals surface area contributed by atoms with Crippen molar-refractivity contribution >= 4 is 32.2 Å². The van der Waals surface area contributed by atoms with E-state index < -0.39 is 33.3 Å². The van der Waals surface area contributed by atoms with Crippen molar-refractivity contribution in [1.82, 2.24) is 4.98 Å². The number of nitro groups is 1. The van der Waals surface area contributed by atoms with Gasteiger partial charge in [-0.1, -0.05) is 24.2 Å². The third-order valence-corrected chi connectivity index (χ3v) is 6.33. The molecule has 3 rings (SSSR count). The number of nitrogens with zero attached hydrogens (tertiary/aromatic N) is 3. The fourth-order valence-corrected chi connectivity index (χ4v) is 4.69. The van der Waals surface area contributed by atoms with E-state index in [1.54, 1.807) is 11.9 Å². The van der Waals surface area contributed by atoms with E-state index in [4.69, 9.17) is 0 Å². The zero-order chi connectivity index (χ0) is 20.7. The molecule has 1 aromatic heterocycles. The minimum absolute atomic E-state index is 0.0328. The monoisotopic (exact) mass is 417 g/mol. The zero-order valence-corrected chi connectivity index (χ0v) is 15.8. The van der Waals surface area contributed by atoms with Gasteiger partial charge in [-0.3, -0.25) is 14.9 Å². The molecule has 1 aromatic carbocycles. The molecule has 2 aromatic rings. The number of hydrogen-bond donors (Lipinski definition) is 1. The van der Waals surface area contributed by atoms with E-state index in [0.29, 0.717) is 18.7 Å². The Morgan fingerprint density at radius 1 is 1.36 bits per heavy atom. The number of non-ortho nitro benzene ring substituents is 1. The predicted molar refractivity (Wildman–Crippen MR) is 98.8 cm³/mol. The Balaban J connectivity index is 2.10. The van der Waals surface area contributed by atoms with E-state index in [-0.39, 0.29) is 21.9 Å². The molecule has 1 saturated carbocycles. The fraction of sp³-hybridized carbons (Fsp3) is 0.529. The van der Waals surface area contributed by atoms with Gasteiger partial charge in [-0.25, -0.2) is 0 Å². The van der Waals surface area contributed by atoms with Crippen molar-refractivity contribution in [3.8, 4) is 0 Å². The second-order valence-corrected chi connectivity index (χ2v) is 8.13. The lowest BCUT2D eigenvalue weighted by Gasteiger charge is -2.31. The lowest BCUT2D eigenvalue weighted by molar-refractivity contribution is -0.383. The van der Waals surface area contributed by atoms with E-state index in [2.05, 4.69) is 4.98 Å². The number of rotatable bonds is 5. The van der Waals surface area contributed by atoms with Gasteiger partial charge >= 0.3 is 6.18 Å². The molecular weight excluding hydrogens is 399 g/mol. The Kier molecular flexibility index (Phi) is 5.32. The minimum atomic E-state index is -4.82. The smallest absolute Gasteiger partial charge is 0.396 e. The van der Waals surface area contributed by atoms with Crippen molar-refractivity contribution < 1.29 is 23.2 Å². The van der Waals surface area contributed by atoms with Crippen molar-refractivity contribution in [2.24, 2.45) is 5.41 Å². The van der Waals surface area contributed by atoms with Crippen molar-refractivity contribution in [2.45, 2.75) is 31.9 Å². The first kappa shape index (κ1) is 20.5. The lowest BCUT2D eigenvalue weighted by Crippen LogP contribution is -2.37. The van der Waals surface area contributed by atoms with Crippen LogP contribution in [0.4, 0.5) is 24.0 Å². The predicted octanol–water partition coefficient (Wildman–Crippen LogP) is 3.57. The molecule has 0 atom stereocenters. The molecule has 152 valence electrons. The van der Waals surface area contributed by atoms with Gasteiger partial charge in [0.2, 0.25) is 0 Å². The van der Waals surface area contributed by atoms with Crippen LogP contribution in [0.5, 0.6) is 0 Å². The molecule has 1 fully saturated rings. The van der Waals surface area contributed by atoms with Gasteiger partial charge < -0.3 is 10.0 Å². The zero-order valence-electron chi connectivity index (χ0n) is 15.0. The van der Waals surface area contributed by atoms with Crippen LogP contribution in [0.2, 0.25) is 0 Å². The molecule has 0 spiro atoms. The highest BCUT2D eigenvalue weighted by Crippen LogP contribution is 2.41. The first-order valence-corrected chi connectivity index (χ1v) is 9.40. The Morgan fingerprint density at radius 2 is 2.00 bits per heavy atom. The van der Waals surface area contributed by atoms with Gasteiger partial charge in [-0.2, -0.15) is 18.2 Å². The van der Waals surface area contributed by atoms with E-state index >= 15 is 0 Å². The number of benzene rings is 1. The molecule has 0 amide bonds. The number of anilines is 1. The molecule has 1 aliphatic carbocycles. The summed E-state index contributed by atoms with van der Waals surface area (Å²) in [7, 11) is 1.65. The van der Waals surface area contributed by atoms with Crippen LogP contribution in [0.15, 0.2) is 16.9 Å². The standard InChI is InChI=1S/C17H18F3N3O4S/c1-22(8-16(9-24)4-2-3-5-16)15-21-14(25)11-6-10(17(18,19)20)7-12(23(26)27)13(11)28-15/h6-7,24H,2-5,8-9H2,1H3. The van der Waals surface area contributed by atoms with Crippen LogP contribution in [0, 0.1) is 15.5 Å². The van der Waals surface area contributed by atoms with Crippen LogP contribution >= 0.6 is 11.3 Å². The summed E-state index contributed by atoms with van der Waals surface area (Å²) in [5.41, 5.74) is -3.33. The summed E-state index contributed by atoms with van der Waals surface area (Å²) in [5.74, 6) is 0. The number of aliphatic hydroxyl groups is 1. The van der Waals surface area contributed by atoms with Gasteiger partial charge in [0.05, 0.1) is 22.5 Å². The average molecular weight is 417 g/mol. The number of fused-ring (bicyclic) bond motifs is 1. The van der Waals surface area contributed by atoms with Gasteiger partial charge in [-0.15, -0.1) is 0 Å². The van der Waals surface area contributed by atoms with Gasteiger partial charge in [0, 0.05) is 25.1 Å². The van der Waals surface area contributed by atoms with Gasteiger partial charge in [0.1, 0.15) is 4.70 Å². The first-order valence-electron chi connectivity index (χ1n) is 8.59. The highest BCUT2D eigenvalue weighted by Gasteiger charge is 2.36. The highest BCUT2D eigenvalue weighted by molar-refractivity contribution is 7.22. The van der Waals surface area contributed by atoms with Crippen molar-refractivity contribution in [3.05, 3.63) is 38.2 Å². The second-order valence-electron chi connectivity index (χ2n) is 7.15. The first-order chi connectivity index (χ1) is 13.1. The van der Waals surface area contributed by atoms with Crippen molar-refractivity contribution in [3.63, 3.8) is 0 Å². The lowest BCUT2D eigenvalue weighted by atomic mass is 9.87. The Morgan fingerprint density at radius 3 is 2.54 bits per heavy atom. The summed E-state index contributed by atoms with van der Waals surface area (Å²) in [6.07, 6.45) is -1.25. The molecule has 0 aliphatic heterocycles. The largest absolute Gasteiger partial charge is 0.416 e. The molecule has 28 heavy (non-hydrogen) atoms. The molecule has 1 aliphatic rings. The number of aliphatic hydroxyl groups excluding tert-OH is 1. The Hall–Kier alpha value is -2.27. The van der Waals surface area contributed by atoms with Crippen LogP contribution in [0.25, 0.3) is 10.1 Å². The minimum Gasteiger partial charge on any atom is -0.396 e. The van der Waals surface area contributed by atoms with E-state index in [1.165, 1.54) is 0 Å². The molecule has 0 saturated heterocycles. The van der Waals surface area contributed by atoms with E-state index in [1.807, 2.05) is 0 Å². The van der Waals surface area contributed by atoms with Crippen molar-refractivity contribution in [1.29, 1.82) is 0 Å². The summed E-state index contributed by atoms with van der Waals surface area (Å²) in [6, 6.07) is 1.04. The molecular formula is C17H18F3N3O4S. The molecule has 11 heteroatoms. The third kappa shape index (κ3) is 3.81.